The van der Waals surface area contributed by atoms with Gasteiger partial charge in [0.15, 0.2) is 0 Å². The molecule has 1 aromatic heterocycles. The van der Waals surface area contributed by atoms with Crippen LogP contribution in [0.1, 0.15) is 0 Å². The predicted octanol–water partition coefficient (Wildman–Crippen LogP) is 10.3. The van der Waals surface area contributed by atoms with Crippen LogP contribution in [-0.4, -0.2) is 0 Å². The van der Waals surface area contributed by atoms with Crippen molar-refractivity contribution in [2.24, 2.45) is 0 Å². The molecule has 0 fully saturated rings. The molecule has 6 aromatic carbocycles. The van der Waals surface area contributed by atoms with E-state index in [1.54, 1.807) is 0 Å². The molecule has 1 nitrogen and oxygen atoms in total. The van der Waals surface area contributed by atoms with Crippen molar-refractivity contribution < 1.29 is 0 Å². The lowest BCUT2D eigenvalue weighted by molar-refractivity contribution is 1.30. The largest absolute Gasteiger partial charge is 0.309 e. The standard InChI is InChI=1S/C34H23NS/c1-2-14-26(15-3-1)35(32-21-10-20-31-30-18-6-7-22-33(30)36-34(31)32)27-16-8-13-25(23-27)29-19-9-12-24-11-4-5-17-28(24)29/h1-23H. The Balaban J connectivity index is 1.47. The summed E-state index contributed by atoms with van der Waals surface area (Å²) >= 11 is 1.87. The lowest BCUT2D eigenvalue weighted by Gasteiger charge is -2.26. The zero-order valence-electron chi connectivity index (χ0n) is 19.6. The van der Waals surface area contributed by atoms with Crippen LogP contribution in [0, 0.1) is 0 Å². The van der Waals surface area contributed by atoms with Crippen LogP contribution < -0.4 is 4.90 Å². The minimum Gasteiger partial charge on any atom is -0.309 e. The first kappa shape index (κ1) is 20.9. The van der Waals surface area contributed by atoms with E-state index in [2.05, 4.69) is 144 Å². The van der Waals surface area contributed by atoms with Crippen molar-refractivity contribution in [3.63, 3.8) is 0 Å². The summed E-state index contributed by atoms with van der Waals surface area (Å²) in [6.45, 7) is 0. The number of hydrogen-bond acceptors (Lipinski definition) is 2. The average molecular weight is 478 g/mol. The summed E-state index contributed by atoms with van der Waals surface area (Å²) in [5.74, 6) is 0. The van der Waals surface area contributed by atoms with Gasteiger partial charge in [0.2, 0.25) is 0 Å². The van der Waals surface area contributed by atoms with Crippen molar-refractivity contribution in [2.75, 3.05) is 4.90 Å². The monoisotopic (exact) mass is 477 g/mol. The average Bonchev–Trinajstić information content (AvgIpc) is 3.33. The molecule has 0 aliphatic carbocycles. The quantitative estimate of drug-likeness (QED) is 0.244. The van der Waals surface area contributed by atoms with Crippen molar-refractivity contribution in [2.45, 2.75) is 0 Å². The van der Waals surface area contributed by atoms with Crippen LogP contribution in [0.2, 0.25) is 0 Å². The second-order valence-corrected chi connectivity index (χ2v) is 10.1. The molecule has 0 spiro atoms. The van der Waals surface area contributed by atoms with Gasteiger partial charge in [0.1, 0.15) is 0 Å². The Kier molecular flexibility index (Phi) is 5.04. The van der Waals surface area contributed by atoms with E-state index in [0.717, 1.165) is 11.4 Å². The molecule has 0 aliphatic heterocycles. The molecule has 2 heteroatoms. The summed E-state index contributed by atoms with van der Waals surface area (Å²) < 4.78 is 2.62. The third kappa shape index (κ3) is 3.46. The van der Waals surface area contributed by atoms with Crippen LogP contribution in [-0.2, 0) is 0 Å². The molecular weight excluding hydrogens is 454 g/mol. The third-order valence-electron chi connectivity index (χ3n) is 6.84. The highest BCUT2D eigenvalue weighted by atomic mass is 32.1. The maximum absolute atomic E-state index is 2.40. The summed E-state index contributed by atoms with van der Waals surface area (Å²) in [7, 11) is 0. The Morgan fingerprint density at radius 3 is 2.06 bits per heavy atom. The van der Waals surface area contributed by atoms with E-state index < -0.39 is 0 Å². The van der Waals surface area contributed by atoms with E-state index in [9.17, 15) is 0 Å². The van der Waals surface area contributed by atoms with Crippen molar-refractivity contribution in [1.29, 1.82) is 0 Å². The molecule has 0 aliphatic rings. The Morgan fingerprint density at radius 2 is 1.14 bits per heavy atom. The highest BCUT2D eigenvalue weighted by Gasteiger charge is 2.18. The molecule has 0 atom stereocenters. The number of para-hydroxylation sites is 1. The second kappa shape index (κ2) is 8.67. The number of fused-ring (bicyclic) bond motifs is 4. The maximum Gasteiger partial charge on any atom is 0.0640 e. The molecule has 0 amide bonds. The van der Waals surface area contributed by atoms with Gasteiger partial charge in [0, 0.05) is 26.8 Å². The summed E-state index contributed by atoms with van der Waals surface area (Å²) in [5.41, 5.74) is 5.97. The zero-order valence-corrected chi connectivity index (χ0v) is 20.5. The minimum atomic E-state index is 1.15. The predicted molar refractivity (Wildman–Crippen MR) is 157 cm³/mol. The zero-order chi connectivity index (χ0) is 23.9. The summed E-state index contributed by atoms with van der Waals surface area (Å²) in [5, 5.41) is 5.15. The first-order chi connectivity index (χ1) is 17.9. The second-order valence-electron chi connectivity index (χ2n) is 9.00. The minimum absolute atomic E-state index is 1.15. The molecule has 1 heterocycles. The van der Waals surface area contributed by atoms with E-state index in [1.807, 2.05) is 11.3 Å². The Morgan fingerprint density at radius 1 is 0.472 bits per heavy atom. The molecule has 0 bridgehead atoms. The van der Waals surface area contributed by atoms with Crippen LogP contribution in [0.3, 0.4) is 0 Å². The molecule has 170 valence electrons. The van der Waals surface area contributed by atoms with Gasteiger partial charge in [-0.1, -0.05) is 103 Å². The SMILES string of the molecule is c1ccc(N(c2cccc(-c3cccc4ccccc34)c2)c2cccc3c2sc2ccccc23)cc1. The van der Waals surface area contributed by atoms with Gasteiger partial charge in [-0.05, 0) is 58.3 Å². The first-order valence-corrected chi connectivity index (χ1v) is 13.0. The van der Waals surface area contributed by atoms with Crippen LogP contribution in [0.15, 0.2) is 140 Å². The van der Waals surface area contributed by atoms with Gasteiger partial charge in [-0.3, -0.25) is 0 Å². The Labute approximate surface area is 214 Å². The smallest absolute Gasteiger partial charge is 0.0640 e. The lowest BCUT2D eigenvalue weighted by atomic mass is 9.97. The maximum atomic E-state index is 2.40. The Bertz CT molecular complexity index is 1840. The van der Waals surface area contributed by atoms with Crippen molar-refractivity contribution >= 4 is 59.3 Å². The fourth-order valence-corrected chi connectivity index (χ4v) is 6.41. The molecule has 0 unspecified atom stereocenters. The van der Waals surface area contributed by atoms with Crippen LogP contribution in [0.4, 0.5) is 17.1 Å². The lowest BCUT2D eigenvalue weighted by Crippen LogP contribution is -2.10. The van der Waals surface area contributed by atoms with E-state index >= 15 is 0 Å². The highest BCUT2D eigenvalue weighted by Crippen LogP contribution is 2.45. The van der Waals surface area contributed by atoms with Crippen LogP contribution in [0.25, 0.3) is 42.1 Å². The normalized spacial score (nSPS) is 11.3. The summed E-state index contributed by atoms with van der Waals surface area (Å²) in [6.07, 6.45) is 0. The van der Waals surface area contributed by atoms with Gasteiger partial charge in [0.05, 0.1) is 10.4 Å². The van der Waals surface area contributed by atoms with Crippen LogP contribution in [0.5, 0.6) is 0 Å². The molecule has 0 radical (unpaired) electrons. The topological polar surface area (TPSA) is 3.24 Å². The fraction of sp³-hybridized carbons (Fsp3) is 0. The van der Waals surface area contributed by atoms with Crippen molar-refractivity contribution in [3.05, 3.63) is 140 Å². The highest BCUT2D eigenvalue weighted by molar-refractivity contribution is 7.26. The van der Waals surface area contributed by atoms with E-state index in [1.165, 1.54) is 47.8 Å². The van der Waals surface area contributed by atoms with Gasteiger partial charge in [-0.2, -0.15) is 0 Å². The number of thiophene rings is 1. The fourth-order valence-electron chi connectivity index (χ4n) is 5.20. The van der Waals surface area contributed by atoms with Gasteiger partial charge in [0.25, 0.3) is 0 Å². The summed E-state index contributed by atoms with van der Waals surface area (Å²) in [6, 6.07) is 50.2. The van der Waals surface area contributed by atoms with E-state index in [-0.39, 0.29) is 0 Å². The van der Waals surface area contributed by atoms with Gasteiger partial charge in [-0.25, -0.2) is 0 Å². The summed E-state index contributed by atoms with van der Waals surface area (Å²) in [4.78, 5) is 2.40. The van der Waals surface area contributed by atoms with Crippen LogP contribution >= 0.6 is 11.3 Å². The molecule has 7 aromatic rings. The molecule has 0 saturated carbocycles. The number of benzene rings is 6. The molecule has 0 saturated heterocycles. The van der Waals surface area contributed by atoms with Crippen molar-refractivity contribution in [3.8, 4) is 11.1 Å². The molecular formula is C34H23NS. The van der Waals surface area contributed by atoms with E-state index in [0.29, 0.717) is 0 Å². The molecule has 0 N–H and O–H groups in total. The van der Waals surface area contributed by atoms with Gasteiger partial charge >= 0.3 is 0 Å². The number of rotatable bonds is 4. The van der Waals surface area contributed by atoms with Gasteiger partial charge < -0.3 is 4.90 Å². The number of anilines is 3. The first-order valence-electron chi connectivity index (χ1n) is 12.2. The van der Waals surface area contributed by atoms with E-state index in [4.69, 9.17) is 0 Å². The number of hydrogen-bond donors (Lipinski definition) is 0. The number of nitrogens with zero attached hydrogens (tertiary/aromatic N) is 1. The Hall–Kier alpha value is -4.40. The molecule has 36 heavy (non-hydrogen) atoms. The van der Waals surface area contributed by atoms with Gasteiger partial charge in [-0.15, -0.1) is 11.3 Å². The van der Waals surface area contributed by atoms with Crippen molar-refractivity contribution in [1.82, 2.24) is 0 Å². The third-order valence-corrected chi connectivity index (χ3v) is 8.05. The molecule has 7 rings (SSSR count).